The summed E-state index contributed by atoms with van der Waals surface area (Å²) in [6.07, 6.45) is 0. The second kappa shape index (κ2) is 6.21. The number of benzene rings is 1. The lowest BCUT2D eigenvalue weighted by molar-refractivity contribution is 0.0925. The Labute approximate surface area is 119 Å². The van der Waals surface area contributed by atoms with Gasteiger partial charge >= 0.3 is 0 Å². The Hall–Kier alpha value is -2.34. The highest BCUT2D eigenvalue weighted by atomic mass is 32.1. The molecule has 104 valence electrons. The van der Waals surface area contributed by atoms with Crippen molar-refractivity contribution in [3.8, 4) is 11.5 Å². The largest absolute Gasteiger partial charge is 0.497 e. The third-order valence-corrected chi connectivity index (χ3v) is 3.48. The fourth-order valence-electron chi connectivity index (χ4n) is 1.57. The number of carbonyl (C=O) groups is 2. The van der Waals surface area contributed by atoms with E-state index in [9.17, 15) is 9.59 Å². The average Bonchev–Trinajstić information content (AvgIpc) is 2.98. The fraction of sp³-hybridized carbons (Fsp3) is 0.143. The van der Waals surface area contributed by atoms with Gasteiger partial charge in [-0.3, -0.25) is 9.59 Å². The van der Waals surface area contributed by atoms with Crippen LogP contribution in [-0.2, 0) is 0 Å². The van der Waals surface area contributed by atoms with Crippen molar-refractivity contribution in [2.45, 2.75) is 0 Å². The summed E-state index contributed by atoms with van der Waals surface area (Å²) in [4.78, 5) is 23.6. The number of rotatable bonds is 6. The SMILES string of the molecule is COc1cc(OCC(=O)c2cccs2)cc(C(N)=O)c1. The Morgan fingerprint density at radius 1 is 1.25 bits per heavy atom. The maximum absolute atomic E-state index is 11.8. The van der Waals surface area contributed by atoms with E-state index < -0.39 is 5.91 Å². The second-order valence-electron chi connectivity index (χ2n) is 3.95. The Morgan fingerprint density at radius 3 is 2.60 bits per heavy atom. The van der Waals surface area contributed by atoms with Gasteiger partial charge in [-0.2, -0.15) is 0 Å². The van der Waals surface area contributed by atoms with Crippen molar-refractivity contribution >= 4 is 23.0 Å². The summed E-state index contributed by atoms with van der Waals surface area (Å²) < 4.78 is 10.4. The minimum absolute atomic E-state index is 0.105. The number of primary amides is 1. The number of carbonyl (C=O) groups excluding carboxylic acids is 2. The summed E-state index contributed by atoms with van der Waals surface area (Å²) in [5, 5.41) is 1.82. The molecule has 0 saturated carbocycles. The number of Topliss-reactive ketones (excluding diaryl/α,β-unsaturated/α-hetero) is 1. The van der Waals surface area contributed by atoms with Crippen molar-refractivity contribution in [1.82, 2.24) is 0 Å². The van der Waals surface area contributed by atoms with E-state index in [4.69, 9.17) is 15.2 Å². The Balaban J connectivity index is 2.11. The lowest BCUT2D eigenvalue weighted by atomic mass is 10.2. The molecule has 20 heavy (non-hydrogen) atoms. The zero-order valence-corrected chi connectivity index (χ0v) is 11.6. The molecular formula is C14H13NO4S. The number of hydrogen-bond acceptors (Lipinski definition) is 5. The van der Waals surface area contributed by atoms with Crippen molar-refractivity contribution in [3.63, 3.8) is 0 Å². The second-order valence-corrected chi connectivity index (χ2v) is 4.90. The van der Waals surface area contributed by atoms with E-state index in [1.165, 1.54) is 30.6 Å². The highest BCUT2D eigenvalue weighted by Gasteiger charge is 2.10. The lowest BCUT2D eigenvalue weighted by Gasteiger charge is -2.08. The Kier molecular flexibility index (Phi) is 4.37. The fourth-order valence-corrected chi connectivity index (χ4v) is 2.22. The van der Waals surface area contributed by atoms with E-state index in [-0.39, 0.29) is 18.0 Å². The first-order valence-corrected chi connectivity index (χ1v) is 6.66. The highest BCUT2D eigenvalue weighted by Crippen LogP contribution is 2.23. The number of thiophene rings is 1. The zero-order valence-electron chi connectivity index (χ0n) is 10.8. The number of hydrogen-bond donors (Lipinski definition) is 1. The quantitative estimate of drug-likeness (QED) is 0.827. The maximum Gasteiger partial charge on any atom is 0.248 e. The molecule has 0 unspecified atom stereocenters. The van der Waals surface area contributed by atoms with Gasteiger partial charge in [0.25, 0.3) is 0 Å². The van der Waals surface area contributed by atoms with Gasteiger partial charge in [-0.1, -0.05) is 6.07 Å². The number of ketones is 1. The molecule has 1 aromatic heterocycles. The predicted octanol–water partition coefficient (Wildman–Crippen LogP) is 2.12. The summed E-state index contributed by atoms with van der Waals surface area (Å²) in [6, 6.07) is 8.11. The first-order chi connectivity index (χ1) is 9.60. The molecular weight excluding hydrogens is 278 g/mol. The normalized spacial score (nSPS) is 10.1. The molecule has 1 amide bonds. The average molecular weight is 291 g/mol. The Bertz CT molecular complexity index is 622. The van der Waals surface area contributed by atoms with Crippen molar-refractivity contribution < 1.29 is 19.1 Å². The van der Waals surface area contributed by atoms with E-state index in [0.29, 0.717) is 16.4 Å². The molecule has 5 nitrogen and oxygen atoms in total. The van der Waals surface area contributed by atoms with Crippen LogP contribution in [0, 0.1) is 0 Å². The lowest BCUT2D eigenvalue weighted by Crippen LogP contribution is -2.13. The molecule has 0 radical (unpaired) electrons. The summed E-state index contributed by atoms with van der Waals surface area (Å²) in [6.45, 7) is -0.105. The summed E-state index contributed by atoms with van der Waals surface area (Å²) >= 11 is 1.35. The van der Waals surface area contributed by atoms with Gasteiger partial charge < -0.3 is 15.2 Å². The number of methoxy groups -OCH3 is 1. The van der Waals surface area contributed by atoms with Crippen molar-refractivity contribution in [2.24, 2.45) is 5.73 Å². The smallest absolute Gasteiger partial charge is 0.248 e. The topological polar surface area (TPSA) is 78.6 Å². The van der Waals surface area contributed by atoms with Gasteiger partial charge in [0, 0.05) is 11.6 Å². The number of amides is 1. The number of ether oxygens (including phenoxy) is 2. The molecule has 2 rings (SSSR count). The minimum Gasteiger partial charge on any atom is -0.497 e. The first-order valence-electron chi connectivity index (χ1n) is 5.78. The van der Waals surface area contributed by atoms with Crippen LogP contribution in [0.3, 0.4) is 0 Å². The molecule has 1 heterocycles. The van der Waals surface area contributed by atoms with E-state index in [2.05, 4.69) is 0 Å². The van der Waals surface area contributed by atoms with Gasteiger partial charge in [-0.15, -0.1) is 11.3 Å². The molecule has 0 aliphatic heterocycles. The highest BCUT2D eigenvalue weighted by molar-refractivity contribution is 7.12. The molecule has 0 bridgehead atoms. The monoisotopic (exact) mass is 291 g/mol. The molecule has 2 N–H and O–H groups in total. The van der Waals surface area contributed by atoms with Crippen LogP contribution in [0.25, 0.3) is 0 Å². The predicted molar refractivity (Wildman–Crippen MR) is 75.7 cm³/mol. The summed E-state index contributed by atoms with van der Waals surface area (Å²) in [7, 11) is 1.47. The molecule has 0 aliphatic carbocycles. The van der Waals surface area contributed by atoms with Gasteiger partial charge in [-0.05, 0) is 23.6 Å². The molecule has 0 fully saturated rings. The number of nitrogens with two attached hydrogens (primary N) is 1. The third-order valence-electron chi connectivity index (χ3n) is 2.57. The van der Waals surface area contributed by atoms with Crippen LogP contribution in [0.5, 0.6) is 11.5 Å². The van der Waals surface area contributed by atoms with Gasteiger partial charge in [0.1, 0.15) is 11.5 Å². The van der Waals surface area contributed by atoms with E-state index in [1.807, 2.05) is 5.38 Å². The van der Waals surface area contributed by atoms with Crippen molar-refractivity contribution in [2.75, 3.05) is 13.7 Å². The van der Waals surface area contributed by atoms with Gasteiger partial charge in [0.05, 0.1) is 12.0 Å². The third kappa shape index (κ3) is 3.36. The van der Waals surface area contributed by atoms with Crippen molar-refractivity contribution in [1.29, 1.82) is 0 Å². The molecule has 2 aromatic rings. The van der Waals surface area contributed by atoms with Gasteiger partial charge in [0.15, 0.2) is 6.61 Å². The van der Waals surface area contributed by atoms with E-state index in [1.54, 1.807) is 18.2 Å². The van der Waals surface area contributed by atoms with Crippen LogP contribution in [0.4, 0.5) is 0 Å². The summed E-state index contributed by atoms with van der Waals surface area (Å²) in [5.41, 5.74) is 5.49. The van der Waals surface area contributed by atoms with Crippen LogP contribution >= 0.6 is 11.3 Å². The van der Waals surface area contributed by atoms with Gasteiger partial charge in [-0.25, -0.2) is 0 Å². The van der Waals surface area contributed by atoms with E-state index >= 15 is 0 Å². The van der Waals surface area contributed by atoms with Crippen molar-refractivity contribution in [3.05, 3.63) is 46.2 Å². The van der Waals surface area contributed by atoms with Crippen LogP contribution in [0.15, 0.2) is 35.7 Å². The van der Waals surface area contributed by atoms with Crippen LogP contribution < -0.4 is 15.2 Å². The van der Waals surface area contributed by atoms with E-state index in [0.717, 1.165) is 0 Å². The molecule has 0 spiro atoms. The standard InChI is InChI=1S/C14H13NO4S/c1-18-10-5-9(14(15)17)6-11(7-10)19-8-12(16)13-3-2-4-20-13/h2-7H,8H2,1H3,(H2,15,17). The molecule has 0 atom stereocenters. The van der Waals surface area contributed by atoms with Gasteiger partial charge in [0.2, 0.25) is 11.7 Å². The molecule has 1 aromatic carbocycles. The molecule has 0 aliphatic rings. The maximum atomic E-state index is 11.8. The zero-order chi connectivity index (χ0) is 14.5. The summed E-state index contributed by atoms with van der Waals surface area (Å²) in [5.74, 6) is 0.102. The molecule has 6 heteroatoms. The minimum atomic E-state index is -0.585. The molecule has 0 saturated heterocycles. The Morgan fingerprint density at radius 2 is 2.00 bits per heavy atom. The first kappa shape index (κ1) is 14.1. The van der Waals surface area contributed by atoms with Crippen LogP contribution in [-0.4, -0.2) is 25.4 Å². The van der Waals surface area contributed by atoms with Crippen LogP contribution in [0.1, 0.15) is 20.0 Å². The van der Waals surface area contributed by atoms with Crippen LogP contribution in [0.2, 0.25) is 0 Å².